The minimum Gasteiger partial charge on any atom is -0.460 e. The van der Waals surface area contributed by atoms with E-state index in [2.05, 4.69) is 18.5 Å². The summed E-state index contributed by atoms with van der Waals surface area (Å²) in [5.41, 5.74) is 4.41. The molecular weight excluding hydrogens is 793 g/mol. The minimum atomic E-state index is -5.80. The molecule has 2 aliphatic rings. The Morgan fingerprint density at radius 3 is 1.89 bits per heavy atom. The van der Waals surface area contributed by atoms with Crippen LogP contribution < -0.4 is 11.1 Å². The van der Waals surface area contributed by atoms with Gasteiger partial charge in [-0.25, -0.2) is 13.7 Å². The molecule has 0 aromatic carbocycles. The number of nitrogens with one attached hydrogen (secondary N) is 1. The van der Waals surface area contributed by atoms with E-state index >= 15 is 0 Å². The number of esters is 2. The topological polar surface area (TPSA) is 303 Å². The second-order valence-corrected chi connectivity index (χ2v) is 20.3. The SMILES string of the molecule is CC(C)(C)OC(=O)CCC(N)C(=O)CC(CCC(=O)OC(C)(C)C)C(=O)NCCOP(=O)(O)OP(=O)(O)OP(=O)(O)OC[C@H]1O[C@@H](C2CCCCC2)CC1O. The fraction of sp³-hybridized carbons (Fsp3) is 0.875. The third kappa shape index (κ3) is 20.6. The first-order chi connectivity index (χ1) is 25.2. The first-order valence-electron chi connectivity index (χ1n) is 18.2. The van der Waals surface area contributed by atoms with Crippen molar-refractivity contribution in [3.63, 3.8) is 0 Å². The van der Waals surface area contributed by atoms with Crippen molar-refractivity contribution in [2.24, 2.45) is 17.6 Å². The van der Waals surface area contributed by atoms with Gasteiger partial charge in [0.1, 0.15) is 23.1 Å². The number of phosphoric acid groups is 3. The van der Waals surface area contributed by atoms with Crippen molar-refractivity contribution in [2.45, 2.75) is 148 Å². The van der Waals surface area contributed by atoms with Crippen LogP contribution in [-0.4, -0.2) is 98.7 Å². The Hall–Kier alpha value is -1.63. The van der Waals surface area contributed by atoms with Crippen LogP contribution in [0, 0.1) is 11.8 Å². The lowest BCUT2D eigenvalue weighted by Crippen LogP contribution is -2.38. The molecule has 1 aliphatic carbocycles. The zero-order valence-corrected chi connectivity index (χ0v) is 35.0. The van der Waals surface area contributed by atoms with Crippen molar-refractivity contribution >= 4 is 47.1 Å². The van der Waals surface area contributed by atoms with Crippen LogP contribution in [-0.2, 0) is 64.8 Å². The van der Waals surface area contributed by atoms with Crippen molar-refractivity contribution in [2.75, 3.05) is 19.8 Å². The van der Waals surface area contributed by atoms with E-state index in [1.54, 1.807) is 41.5 Å². The van der Waals surface area contributed by atoms with Gasteiger partial charge in [-0.3, -0.25) is 28.2 Å². The van der Waals surface area contributed by atoms with Gasteiger partial charge in [-0.05, 0) is 73.1 Å². The fourth-order valence-corrected chi connectivity index (χ4v) is 9.43. The van der Waals surface area contributed by atoms with E-state index in [1.807, 2.05) is 0 Å². The van der Waals surface area contributed by atoms with Crippen LogP contribution in [0.2, 0.25) is 0 Å². The maximum Gasteiger partial charge on any atom is 0.490 e. The van der Waals surface area contributed by atoms with Gasteiger partial charge in [0, 0.05) is 38.1 Å². The van der Waals surface area contributed by atoms with Crippen LogP contribution >= 0.6 is 23.5 Å². The number of carbonyl (C=O) groups excluding carboxylic acids is 4. The lowest BCUT2D eigenvalue weighted by Gasteiger charge is -2.27. The highest BCUT2D eigenvalue weighted by molar-refractivity contribution is 7.66. The van der Waals surface area contributed by atoms with Crippen molar-refractivity contribution in [1.82, 2.24) is 5.32 Å². The van der Waals surface area contributed by atoms with E-state index in [4.69, 9.17) is 24.5 Å². The number of aliphatic hydroxyl groups is 1. The predicted octanol–water partition coefficient (Wildman–Crippen LogP) is 3.72. The van der Waals surface area contributed by atoms with Crippen LogP contribution in [0.3, 0.4) is 0 Å². The summed E-state index contributed by atoms with van der Waals surface area (Å²) in [6.07, 6.45) is 1.83. The molecule has 1 saturated carbocycles. The van der Waals surface area contributed by atoms with Gasteiger partial charge in [-0.2, -0.15) is 8.62 Å². The van der Waals surface area contributed by atoms with Crippen LogP contribution in [0.1, 0.15) is 112 Å². The number of rotatable bonds is 22. The average molecular weight is 853 g/mol. The third-order valence-corrected chi connectivity index (χ3v) is 12.6. The van der Waals surface area contributed by atoms with Crippen LogP contribution in [0.15, 0.2) is 0 Å². The maximum atomic E-state index is 13.1. The molecule has 8 atom stereocenters. The molecule has 0 aromatic heterocycles. The van der Waals surface area contributed by atoms with Gasteiger partial charge in [-0.15, -0.1) is 0 Å². The third-order valence-electron chi connectivity index (χ3n) is 8.33. The van der Waals surface area contributed by atoms with Crippen LogP contribution in [0.4, 0.5) is 0 Å². The van der Waals surface area contributed by atoms with Gasteiger partial charge in [0.25, 0.3) is 0 Å². The monoisotopic (exact) mass is 852 g/mol. The highest BCUT2D eigenvalue weighted by Gasteiger charge is 2.44. The van der Waals surface area contributed by atoms with E-state index in [0.29, 0.717) is 0 Å². The quantitative estimate of drug-likeness (QED) is 0.0514. The summed E-state index contributed by atoms with van der Waals surface area (Å²) >= 11 is 0. The molecule has 0 spiro atoms. The zero-order chi connectivity index (χ0) is 41.8. The number of amides is 1. The van der Waals surface area contributed by atoms with Gasteiger partial charge in [-0.1, -0.05) is 19.3 Å². The molecule has 6 unspecified atom stereocenters. The fourth-order valence-electron chi connectivity index (χ4n) is 5.92. The molecule has 0 aromatic rings. The van der Waals surface area contributed by atoms with Gasteiger partial charge in [0.2, 0.25) is 5.91 Å². The number of phosphoric ester groups is 2. The van der Waals surface area contributed by atoms with E-state index in [-0.39, 0.29) is 44.1 Å². The van der Waals surface area contributed by atoms with Gasteiger partial charge in [0.05, 0.1) is 31.5 Å². The van der Waals surface area contributed by atoms with E-state index in [1.165, 1.54) is 0 Å². The Labute approximate surface area is 321 Å². The molecule has 7 N–H and O–H groups in total. The summed E-state index contributed by atoms with van der Waals surface area (Å²) in [6.45, 7) is 7.95. The normalized spacial score (nSPS) is 24.1. The molecule has 20 nitrogen and oxygen atoms in total. The second-order valence-electron chi connectivity index (χ2n) is 15.6. The zero-order valence-electron chi connectivity index (χ0n) is 32.3. The molecule has 23 heteroatoms. The van der Waals surface area contributed by atoms with Crippen LogP contribution in [0.5, 0.6) is 0 Å². The second kappa shape index (κ2) is 21.4. The van der Waals surface area contributed by atoms with E-state index in [0.717, 1.165) is 32.1 Å². The lowest BCUT2D eigenvalue weighted by atomic mass is 9.84. The number of Topliss-reactive ketones (excluding diaryl/α,β-unsaturated/α-hetero) is 1. The summed E-state index contributed by atoms with van der Waals surface area (Å²) in [7, 11) is -16.7. The predicted molar refractivity (Wildman–Crippen MR) is 194 cm³/mol. The molecule has 1 aliphatic heterocycles. The number of nitrogens with two attached hydrogens (primary N) is 1. The number of ketones is 1. The Morgan fingerprint density at radius 2 is 1.35 bits per heavy atom. The standard InChI is InChI=1S/C32H59N2O18P3/c1-31(2,3)49-28(37)14-12-22(18-24(35)23(33)13-15-29(38)50-32(4,5)6)30(39)34-16-17-46-53(40,41)51-55(44,45)52-54(42,43)47-20-27-25(36)19-26(48-27)21-10-8-7-9-11-21/h21-23,25-27,36H,7-20,33H2,1-6H3,(H,34,39)(H,40,41)(H,42,43)(H,44,45)/t22?,23?,25?,26-,27-/m1/s1. The van der Waals surface area contributed by atoms with Crippen molar-refractivity contribution < 1.29 is 84.5 Å². The summed E-state index contributed by atoms with van der Waals surface area (Å²) in [5.74, 6) is -3.51. The number of aliphatic hydroxyl groups excluding tert-OH is 1. The molecule has 0 bridgehead atoms. The van der Waals surface area contributed by atoms with E-state index in [9.17, 15) is 52.7 Å². The van der Waals surface area contributed by atoms with Gasteiger partial charge >= 0.3 is 35.4 Å². The highest BCUT2D eigenvalue weighted by Crippen LogP contribution is 2.67. The van der Waals surface area contributed by atoms with Crippen molar-refractivity contribution in [3.8, 4) is 0 Å². The van der Waals surface area contributed by atoms with Crippen molar-refractivity contribution in [1.29, 1.82) is 0 Å². The largest absolute Gasteiger partial charge is 0.490 e. The minimum absolute atomic E-state index is 0.0665. The van der Waals surface area contributed by atoms with Crippen LogP contribution in [0.25, 0.3) is 0 Å². The Bertz CT molecular complexity index is 1440. The number of hydrogen-bond donors (Lipinski definition) is 6. The Morgan fingerprint density at radius 1 is 0.818 bits per heavy atom. The molecule has 2 rings (SSSR count). The summed E-state index contributed by atoms with van der Waals surface area (Å²) in [6, 6.07) is -1.14. The highest BCUT2D eigenvalue weighted by atomic mass is 31.3. The van der Waals surface area contributed by atoms with Gasteiger partial charge < -0.3 is 45.0 Å². The molecule has 0 radical (unpaired) electrons. The molecule has 320 valence electrons. The number of ether oxygens (including phenoxy) is 3. The Balaban J connectivity index is 1.89. The smallest absolute Gasteiger partial charge is 0.460 e. The molecule has 1 amide bonds. The van der Waals surface area contributed by atoms with Crippen molar-refractivity contribution in [3.05, 3.63) is 0 Å². The lowest BCUT2D eigenvalue weighted by molar-refractivity contribution is -0.156. The summed E-state index contributed by atoms with van der Waals surface area (Å²) in [5, 5.41) is 12.7. The summed E-state index contributed by atoms with van der Waals surface area (Å²) < 4.78 is 70.8. The van der Waals surface area contributed by atoms with E-state index < -0.39 is 109 Å². The average Bonchev–Trinajstić information content (AvgIpc) is 3.40. The summed E-state index contributed by atoms with van der Waals surface area (Å²) in [4.78, 5) is 80.2. The number of hydrogen-bond acceptors (Lipinski definition) is 16. The first-order valence-corrected chi connectivity index (χ1v) is 22.7. The maximum absolute atomic E-state index is 13.1. The molecular formula is C32H59N2O18P3. The first kappa shape index (κ1) is 49.5. The Kier molecular flexibility index (Phi) is 19.3. The molecule has 1 saturated heterocycles. The molecule has 2 fully saturated rings. The van der Waals surface area contributed by atoms with Gasteiger partial charge in [0.15, 0.2) is 0 Å². The molecule has 55 heavy (non-hydrogen) atoms. The number of carbonyl (C=O) groups is 4. The molecule has 1 heterocycles.